The maximum absolute atomic E-state index is 9.50. The molecule has 1 aromatic heterocycles. The van der Waals surface area contributed by atoms with Gasteiger partial charge in [-0.1, -0.05) is 30.0 Å². The number of thioether (sulfide) groups is 1. The second-order valence-corrected chi connectivity index (χ2v) is 6.01. The zero-order chi connectivity index (χ0) is 16.5. The number of nitrogens with zero attached hydrogens (tertiary/aromatic N) is 3. The maximum atomic E-state index is 9.50. The monoisotopic (exact) mass is 338 g/mol. The summed E-state index contributed by atoms with van der Waals surface area (Å²) in [7, 11) is 0. The average molecular weight is 338 g/mol. The molecule has 0 spiro atoms. The molecule has 2 heterocycles. The number of aromatic hydroxyl groups is 1. The van der Waals surface area contributed by atoms with Gasteiger partial charge in [-0.3, -0.25) is 0 Å². The fourth-order valence-corrected chi connectivity index (χ4v) is 2.83. The van der Waals surface area contributed by atoms with Gasteiger partial charge in [0.05, 0.1) is 0 Å². The summed E-state index contributed by atoms with van der Waals surface area (Å²) in [6, 6.07) is 14.7. The third kappa shape index (κ3) is 2.63. The Morgan fingerprint density at radius 3 is 2.67 bits per heavy atom. The van der Waals surface area contributed by atoms with Gasteiger partial charge in [0.15, 0.2) is 11.9 Å². The lowest BCUT2D eigenvalue weighted by atomic mass is 10.1. The smallest absolute Gasteiger partial charge is 0.247 e. The summed E-state index contributed by atoms with van der Waals surface area (Å²) < 4.78 is 6.09. The molecule has 0 fully saturated rings. The third-order valence-corrected chi connectivity index (χ3v) is 4.25. The van der Waals surface area contributed by atoms with E-state index in [-0.39, 0.29) is 5.75 Å². The summed E-state index contributed by atoms with van der Waals surface area (Å²) in [6.45, 7) is 0. The second kappa shape index (κ2) is 6.01. The molecule has 2 aromatic carbocycles. The van der Waals surface area contributed by atoms with Gasteiger partial charge in [-0.25, -0.2) is 0 Å². The van der Waals surface area contributed by atoms with Crippen molar-refractivity contribution >= 4 is 17.4 Å². The molecule has 2 N–H and O–H groups in total. The van der Waals surface area contributed by atoms with Crippen molar-refractivity contribution in [3.63, 3.8) is 0 Å². The SMILES string of the molecule is CSc1nnc2c(n1)O[C@H](c1ccc(O)cc1)Nc1ccccc1-2. The van der Waals surface area contributed by atoms with Crippen molar-refractivity contribution in [3.05, 3.63) is 54.1 Å². The highest BCUT2D eigenvalue weighted by Gasteiger charge is 2.25. The van der Waals surface area contributed by atoms with Crippen LogP contribution in [0.25, 0.3) is 11.3 Å². The first-order valence-electron chi connectivity index (χ1n) is 7.35. The van der Waals surface area contributed by atoms with Crippen LogP contribution in [0.2, 0.25) is 0 Å². The van der Waals surface area contributed by atoms with Crippen LogP contribution in [0.1, 0.15) is 11.8 Å². The van der Waals surface area contributed by atoms with Crippen LogP contribution in [0, 0.1) is 0 Å². The molecule has 7 heteroatoms. The quantitative estimate of drug-likeness (QED) is 0.693. The number of hydrogen-bond donors (Lipinski definition) is 2. The minimum absolute atomic E-state index is 0.210. The van der Waals surface area contributed by atoms with Crippen molar-refractivity contribution in [1.29, 1.82) is 0 Å². The van der Waals surface area contributed by atoms with Crippen molar-refractivity contribution in [1.82, 2.24) is 15.2 Å². The molecule has 3 aromatic rings. The summed E-state index contributed by atoms with van der Waals surface area (Å²) in [4.78, 5) is 4.46. The molecule has 0 bridgehead atoms. The predicted molar refractivity (Wildman–Crippen MR) is 92.1 cm³/mol. The van der Waals surface area contributed by atoms with Gasteiger partial charge in [0.1, 0.15) is 5.75 Å². The van der Waals surface area contributed by atoms with E-state index in [1.807, 2.05) is 42.7 Å². The lowest BCUT2D eigenvalue weighted by Gasteiger charge is -2.19. The van der Waals surface area contributed by atoms with E-state index < -0.39 is 6.23 Å². The Labute approximate surface area is 142 Å². The number of aromatic nitrogens is 3. The van der Waals surface area contributed by atoms with Crippen molar-refractivity contribution in [2.75, 3.05) is 11.6 Å². The Morgan fingerprint density at radius 1 is 1.08 bits per heavy atom. The van der Waals surface area contributed by atoms with E-state index >= 15 is 0 Å². The predicted octanol–water partition coefficient (Wildman–Crippen LogP) is 3.47. The molecule has 0 saturated carbocycles. The Kier molecular flexibility index (Phi) is 3.70. The van der Waals surface area contributed by atoms with Gasteiger partial charge in [-0.2, -0.15) is 4.98 Å². The number of benzene rings is 2. The lowest BCUT2D eigenvalue weighted by Crippen LogP contribution is -2.17. The normalized spacial score (nSPS) is 15.5. The van der Waals surface area contributed by atoms with Crippen LogP contribution in [0.3, 0.4) is 0 Å². The largest absolute Gasteiger partial charge is 0.508 e. The molecule has 0 amide bonds. The van der Waals surface area contributed by atoms with E-state index in [9.17, 15) is 5.11 Å². The molecule has 24 heavy (non-hydrogen) atoms. The number of rotatable bonds is 2. The molecule has 6 nitrogen and oxygen atoms in total. The topological polar surface area (TPSA) is 80.2 Å². The fourth-order valence-electron chi connectivity index (χ4n) is 2.53. The van der Waals surface area contributed by atoms with Crippen molar-refractivity contribution in [2.24, 2.45) is 0 Å². The summed E-state index contributed by atoms with van der Waals surface area (Å²) in [5, 5.41) is 21.8. The second-order valence-electron chi connectivity index (χ2n) is 5.23. The van der Waals surface area contributed by atoms with Gasteiger partial charge in [-0.05, 0) is 36.6 Å². The summed E-state index contributed by atoms with van der Waals surface area (Å²) in [5.74, 6) is 0.645. The Morgan fingerprint density at radius 2 is 1.88 bits per heavy atom. The van der Waals surface area contributed by atoms with Gasteiger partial charge in [0.25, 0.3) is 0 Å². The molecule has 1 aliphatic heterocycles. The van der Waals surface area contributed by atoms with E-state index in [4.69, 9.17) is 4.74 Å². The summed E-state index contributed by atoms with van der Waals surface area (Å²) >= 11 is 1.41. The Hall–Kier alpha value is -2.80. The number of nitrogens with one attached hydrogen (secondary N) is 1. The molecule has 0 aliphatic carbocycles. The standard InChI is InChI=1S/C17H14N4O2S/c1-24-17-19-16-14(20-21-17)12-4-2-3-5-13(12)18-15(23-16)10-6-8-11(22)9-7-10/h2-9,15,18,22H,1H3/t15-/m1/s1. The molecule has 4 rings (SSSR count). The molecule has 1 atom stereocenters. The van der Waals surface area contributed by atoms with Crippen molar-refractivity contribution < 1.29 is 9.84 Å². The molecular formula is C17H14N4O2S. The van der Waals surface area contributed by atoms with Crippen LogP contribution >= 0.6 is 11.8 Å². The number of fused-ring (bicyclic) bond motifs is 3. The van der Waals surface area contributed by atoms with E-state index in [1.165, 1.54) is 11.8 Å². The van der Waals surface area contributed by atoms with Gasteiger partial charge < -0.3 is 15.2 Å². The molecule has 0 saturated heterocycles. The summed E-state index contributed by atoms with van der Waals surface area (Å²) in [6.07, 6.45) is 1.45. The first kappa shape index (κ1) is 14.8. The highest BCUT2D eigenvalue weighted by molar-refractivity contribution is 7.98. The van der Waals surface area contributed by atoms with Gasteiger partial charge in [0, 0.05) is 16.8 Å². The zero-order valence-electron chi connectivity index (χ0n) is 12.8. The van der Waals surface area contributed by atoms with Crippen LogP contribution in [-0.2, 0) is 0 Å². The van der Waals surface area contributed by atoms with Crippen molar-refractivity contribution in [2.45, 2.75) is 11.4 Å². The van der Waals surface area contributed by atoms with E-state index in [0.29, 0.717) is 16.7 Å². The molecule has 120 valence electrons. The third-order valence-electron chi connectivity index (χ3n) is 3.71. The number of anilines is 1. The van der Waals surface area contributed by atoms with Crippen LogP contribution in [0.4, 0.5) is 5.69 Å². The van der Waals surface area contributed by atoms with E-state index in [1.54, 1.807) is 12.1 Å². The molecule has 1 aliphatic rings. The van der Waals surface area contributed by atoms with E-state index in [2.05, 4.69) is 20.5 Å². The molecular weight excluding hydrogens is 324 g/mol. The van der Waals surface area contributed by atoms with Crippen LogP contribution in [0.5, 0.6) is 11.6 Å². The van der Waals surface area contributed by atoms with Gasteiger partial charge in [-0.15, -0.1) is 10.2 Å². The number of ether oxygens (including phenoxy) is 1. The highest BCUT2D eigenvalue weighted by Crippen LogP contribution is 2.39. The minimum atomic E-state index is -0.445. The number of phenolic OH excluding ortho intramolecular Hbond substituents is 1. The van der Waals surface area contributed by atoms with Crippen LogP contribution in [-0.4, -0.2) is 26.5 Å². The Bertz CT molecular complexity index is 886. The average Bonchev–Trinajstić information content (AvgIpc) is 2.78. The van der Waals surface area contributed by atoms with Gasteiger partial charge >= 0.3 is 0 Å². The maximum Gasteiger partial charge on any atom is 0.247 e. The number of phenols is 1. The summed E-state index contributed by atoms with van der Waals surface area (Å²) in [5.41, 5.74) is 3.26. The molecule has 0 radical (unpaired) electrons. The molecule has 0 unspecified atom stereocenters. The minimum Gasteiger partial charge on any atom is -0.508 e. The number of para-hydroxylation sites is 1. The van der Waals surface area contributed by atoms with Crippen molar-refractivity contribution in [3.8, 4) is 22.9 Å². The van der Waals surface area contributed by atoms with E-state index in [0.717, 1.165) is 16.8 Å². The fraction of sp³-hybridized carbons (Fsp3) is 0.118. The van der Waals surface area contributed by atoms with Crippen LogP contribution in [0.15, 0.2) is 53.7 Å². The van der Waals surface area contributed by atoms with Gasteiger partial charge in [0.2, 0.25) is 11.0 Å². The zero-order valence-corrected chi connectivity index (χ0v) is 13.6. The lowest BCUT2D eigenvalue weighted by molar-refractivity contribution is 0.225. The highest BCUT2D eigenvalue weighted by atomic mass is 32.2. The first-order valence-corrected chi connectivity index (χ1v) is 8.57. The first-order chi connectivity index (χ1) is 11.7. The Balaban J connectivity index is 1.85. The number of hydrogen-bond acceptors (Lipinski definition) is 7. The van der Waals surface area contributed by atoms with Crippen LogP contribution < -0.4 is 10.1 Å².